The Kier molecular flexibility index (Phi) is 4.90. The number of nitriles is 1. The van der Waals surface area contributed by atoms with Crippen molar-refractivity contribution in [2.45, 2.75) is 17.6 Å². The Morgan fingerprint density at radius 1 is 1.38 bits per heavy atom. The lowest BCUT2D eigenvalue weighted by Gasteiger charge is -2.09. The molecule has 0 bridgehead atoms. The SMILES string of the molecule is CCOc1ccc(N)c(S(=O)Cc2ccnc(C#N)c2)c1. The lowest BCUT2D eigenvalue weighted by atomic mass is 10.2. The second-order valence-electron chi connectivity index (χ2n) is 4.28. The summed E-state index contributed by atoms with van der Waals surface area (Å²) in [6.07, 6.45) is 1.53. The fraction of sp³-hybridized carbons (Fsp3) is 0.200. The van der Waals surface area contributed by atoms with Crippen molar-refractivity contribution in [3.63, 3.8) is 0 Å². The van der Waals surface area contributed by atoms with Gasteiger partial charge in [-0.05, 0) is 42.8 Å². The molecule has 1 unspecified atom stereocenters. The third-order valence-corrected chi connectivity index (χ3v) is 4.22. The number of aromatic nitrogens is 1. The van der Waals surface area contributed by atoms with Crippen molar-refractivity contribution in [3.8, 4) is 11.8 Å². The molecule has 2 N–H and O–H groups in total. The summed E-state index contributed by atoms with van der Waals surface area (Å²) >= 11 is 0. The first-order chi connectivity index (χ1) is 10.1. The highest BCUT2D eigenvalue weighted by molar-refractivity contribution is 7.84. The highest BCUT2D eigenvalue weighted by Gasteiger charge is 2.11. The van der Waals surface area contributed by atoms with Crippen LogP contribution in [-0.2, 0) is 16.6 Å². The number of rotatable bonds is 5. The Morgan fingerprint density at radius 2 is 2.19 bits per heavy atom. The number of nitrogens with zero attached hydrogens (tertiary/aromatic N) is 2. The van der Waals surface area contributed by atoms with Crippen LogP contribution in [0.1, 0.15) is 18.2 Å². The van der Waals surface area contributed by atoms with E-state index in [9.17, 15) is 4.21 Å². The Morgan fingerprint density at radius 3 is 2.90 bits per heavy atom. The highest BCUT2D eigenvalue weighted by Crippen LogP contribution is 2.24. The Hall–Kier alpha value is -2.39. The summed E-state index contributed by atoms with van der Waals surface area (Å²) in [7, 11) is -1.31. The second kappa shape index (κ2) is 6.86. The van der Waals surface area contributed by atoms with Crippen LogP contribution in [0.2, 0.25) is 0 Å². The zero-order valence-corrected chi connectivity index (χ0v) is 12.4. The number of hydrogen-bond donors (Lipinski definition) is 1. The number of nitrogen functional groups attached to an aromatic ring is 1. The van der Waals surface area contributed by atoms with E-state index in [0.29, 0.717) is 28.6 Å². The molecule has 0 spiro atoms. The van der Waals surface area contributed by atoms with Crippen molar-refractivity contribution < 1.29 is 8.95 Å². The van der Waals surface area contributed by atoms with Gasteiger partial charge < -0.3 is 10.5 Å². The van der Waals surface area contributed by atoms with E-state index in [-0.39, 0.29) is 5.75 Å². The third kappa shape index (κ3) is 3.80. The summed E-state index contributed by atoms with van der Waals surface area (Å²) in [6, 6.07) is 10.5. The van der Waals surface area contributed by atoms with Crippen molar-refractivity contribution in [1.29, 1.82) is 5.26 Å². The van der Waals surface area contributed by atoms with Crippen LogP contribution in [0.3, 0.4) is 0 Å². The van der Waals surface area contributed by atoms with Gasteiger partial charge in [0.15, 0.2) is 0 Å². The number of benzene rings is 1. The van der Waals surface area contributed by atoms with Gasteiger partial charge in [0.2, 0.25) is 0 Å². The van der Waals surface area contributed by atoms with Gasteiger partial charge in [-0.15, -0.1) is 0 Å². The highest BCUT2D eigenvalue weighted by atomic mass is 32.2. The van der Waals surface area contributed by atoms with E-state index in [1.54, 1.807) is 30.3 Å². The van der Waals surface area contributed by atoms with E-state index < -0.39 is 10.8 Å². The third-order valence-electron chi connectivity index (χ3n) is 2.78. The maximum atomic E-state index is 12.5. The molecule has 1 heterocycles. The molecule has 0 aliphatic heterocycles. The van der Waals surface area contributed by atoms with E-state index >= 15 is 0 Å². The molecule has 0 aliphatic carbocycles. The molecule has 6 heteroatoms. The van der Waals surface area contributed by atoms with Crippen molar-refractivity contribution in [1.82, 2.24) is 4.98 Å². The van der Waals surface area contributed by atoms with Gasteiger partial charge in [-0.25, -0.2) is 4.98 Å². The van der Waals surface area contributed by atoms with Crippen LogP contribution < -0.4 is 10.5 Å². The Bertz CT molecular complexity index is 710. The summed E-state index contributed by atoms with van der Waals surface area (Å²) in [5.74, 6) is 0.916. The van der Waals surface area contributed by atoms with Crippen LogP contribution in [0.5, 0.6) is 5.75 Å². The first-order valence-electron chi connectivity index (χ1n) is 6.39. The topological polar surface area (TPSA) is 89.0 Å². The molecule has 0 saturated carbocycles. The van der Waals surface area contributed by atoms with Crippen LogP contribution in [0.4, 0.5) is 5.69 Å². The summed E-state index contributed by atoms with van der Waals surface area (Å²) in [5.41, 5.74) is 7.43. The molecule has 108 valence electrons. The molecular formula is C15H15N3O2S. The molecule has 0 amide bonds. The minimum atomic E-state index is -1.31. The van der Waals surface area contributed by atoms with Crippen molar-refractivity contribution in [3.05, 3.63) is 47.8 Å². The first kappa shape index (κ1) is 15.0. The summed E-state index contributed by atoms with van der Waals surface area (Å²) in [4.78, 5) is 4.43. The first-order valence-corrected chi connectivity index (χ1v) is 7.71. The van der Waals surface area contributed by atoms with E-state index in [0.717, 1.165) is 5.56 Å². The average Bonchev–Trinajstić information content (AvgIpc) is 2.49. The largest absolute Gasteiger partial charge is 0.494 e. The summed E-state index contributed by atoms with van der Waals surface area (Å²) < 4.78 is 17.9. The number of pyridine rings is 1. The Balaban J connectivity index is 2.23. The van der Waals surface area contributed by atoms with Gasteiger partial charge in [0.05, 0.1) is 28.1 Å². The van der Waals surface area contributed by atoms with Gasteiger partial charge >= 0.3 is 0 Å². The fourth-order valence-corrected chi connectivity index (χ4v) is 3.04. The minimum Gasteiger partial charge on any atom is -0.494 e. The van der Waals surface area contributed by atoms with Gasteiger partial charge in [0, 0.05) is 11.9 Å². The smallest absolute Gasteiger partial charge is 0.140 e. The van der Waals surface area contributed by atoms with Gasteiger partial charge in [-0.1, -0.05) is 0 Å². The maximum absolute atomic E-state index is 12.5. The van der Waals surface area contributed by atoms with E-state index in [1.807, 2.05) is 13.0 Å². The second-order valence-corrected chi connectivity index (χ2v) is 5.70. The van der Waals surface area contributed by atoms with E-state index in [1.165, 1.54) is 6.20 Å². The summed E-state index contributed by atoms with van der Waals surface area (Å²) in [5, 5.41) is 8.83. The maximum Gasteiger partial charge on any atom is 0.140 e. The Labute approximate surface area is 125 Å². The lowest BCUT2D eigenvalue weighted by Crippen LogP contribution is -2.03. The van der Waals surface area contributed by atoms with Gasteiger partial charge in [-0.3, -0.25) is 4.21 Å². The van der Waals surface area contributed by atoms with Crippen LogP contribution >= 0.6 is 0 Å². The number of ether oxygens (including phenoxy) is 1. The molecule has 0 aliphatic rings. The van der Waals surface area contributed by atoms with Crippen LogP contribution in [0, 0.1) is 11.3 Å². The standard InChI is InChI=1S/C15H15N3O2S/c1-2-20-13-3-4-14(17)15(8-13)21(19)10-11-5-6-18-12(7-11)9-16/h3-8H,2,10,17H2,1H3. The molecule has 1 aromatic heterocycles. The monoisotopic (exact) mass is 301 g/mol. The molecule has 1 aromatic carbocycles. The molecule has 2 rings (SSSR count). The molecule has 21 heavy (non-hydrogen) atoms. The predicted octanol–water partition coefficient (Wildman–Crippen LogP) is 2.24. The molecule has 0 radical (unpaired) electrons. The van der Waals surface area contributed by atoms with Crippen molar-refractivity contribution in [2.24, 2.45) is 0 Å². The van der Waals surface area contributed by atoms with Crippen LogP contribution in [0.25, 0.3) is 0 Å². The van der Waals surface area contributed by atoms with Crippen molar-refractivity contribution in [2.75, 3.05) is 12.3 Å². The minimum absolute atomic E-state index is 0.275. The van der Waals surface area contributed by atoms with Crippen LogP contribution in [0.15, 0.2) is 41.4 Å². The molecule has 0 fully saturated rings. The van der Waals surface area contributed by atoms with Crippen molar-refractivity contribution >= 4 is 16.5 Å². The number of hydrogen-bond acceptors (Lipinski definition) is 5. The zero-order chi connectivity index (χ0) is 15.2. The summed E-state index contributed by atoms with van der Waals surface area (Å²) in [6.45, 7) is 2.42. The predicted molar refractivity (Wildman–Crippen MR) is 81.1 cm³/mol. The van der Waals surface area contributed by atoms with Gasteiger partial charge in [0.25, 0.3) is 0 Å². The quantitative estimate of drug-likeness (QED) is 0.855. The van der Waals surface area contributed by atoms with E-state index in [4.69, 9.17) is 15.7 Å². The fourth-order valence-electron chi connectivity index (χ4n) is 1.82. The molecule has 1 atom stereocenters. The van der Waals surface area contributed by atoms with Gasteiger partial charge in [-0.2, -0.15) is 5.26 Å². The number of anilines is 1. The molecular weight excluding hydrogens is 286 g/mol. The molecule has 0 saturated heterocycles. The average molecular weight is 301 g/mol. The van der Waals surface area contributed by atoms with E-state index in [2.05, 4.69) is 4.98 Å². The zero-order valence-electron chi connectivity index (χ0n) is 11.6. The lowest BCUT2D eigenvalue weighted by molar-refractivity contribution is 0.339. The number of nitrogens with two attached hydrogens (primary N) is 1. The molecule has 2 aromatic rings. The van der Waals surface area contributed by atoms with Gasteiger partial charge in [0.1, 0.15) is 17.5 Å². The van der Waals surface area contributed by atoms with Crippen LogP contribution in [-0.4, -0.2) is 15.8 Å². The normalized spacial score (nSPS) is 11.6. The molecule has 5 nitrogen and oxygen atoms in total.